The maximum absolute atomic E-state index is 14.2. The average molecular weight is 428 g/mol. The van der Waals surface area contributed by atoms with Crippen molar-refractivity contribution in [2.45, 2.75) is 6.42 Å². The van der Waals surface area contributed by atoms with Crippen molar-refractivity contribution < 1.29 is 18.4 Å². The van der Waals surface area contributed by atoms with Crippen LogP contribution in [0.3, 0.4) is 0 Å². The molecule has 0 saturated carbocycles. The van der Waals surface area contributed by atoms with Crippen molar-refractivity contribution in [3.8, 4) is 0 Å². The van der Waals surface area contributed by atoms with Gasteiger partial charge in [-0.3, -0.25) is 14.4 Å². The van der Waals surface area contributed by atoms with Crippen LogP contribution in [0.25, 0.3) is 21.8 Å². The summed E-state index contributed by atoms with van der Waals surface area (Å²) < 4.78 is 27.7. The van der Waals surface area contributed by atoms with E-state index in [-0.39, 0.29) is 40.7 Å². The third kappa shape index (κ3) is 4.27. The Hall–Kier alpha value is -3.33. The Balaban J connectivity index is 1.55. The van der Waals surface area contributed by atoms with E-state index in [0.29, 0.717) is 18.6 Å². The first-order valence-electron chi connectivity index (χ1n) is 10.0. The number of halogens is 2. The van der Waals surface area contributed by atoms with Crippen LogP contribution in [0.15, 0.2) is 35.1 Å². The highest BCUT2D eigenvalue weighted by Gasteiger charge is 2.20. The molecule has 1 aromatic heterocycles. The normalized spacial score (nSPS) is 14.9. The van der Waals surface area contributed by atoms with E-state index in [2.05, 4.69) is 15.2 Å². The summed E-state index contributed by atoms with van der Waals surface area (Å²) in [7, 11) is 2.00. The average Bonchev–Trinajstić information content (AvgIpc) is 2.75. The predicted octanol–water partition coefficient (Wildman–Crippen LogP) is 1.85. The Morgan fingerprint density at radius 3 is 2.48 bits per heavy atom. The molecule has 0 aliphatic carbocycles. The number of benzene rings is 2. The van der Waals surface area contributed by atoms with Crippen LogP contribution in [-0.2, 0) is 4.79 Å². The molecule has 0 radical (unpaired) electrons. The molecule has 9 heteroatoms. The molecule has 7 nitrogen and oxygen atoms in total. The molecule has 0 spiro atoms. The number of H-pyrrole nitrogens is 1. The number of nitrogens with zero attached hydrogens (tertiary/aromatic N) is 2. The van der Waals surface area contributed by atoms with Crippen molar-refractivity contribution in [2.24, 2.45) is 0 Å². The van der Waals surface area contributed by atoms with Crippen LogP contribution in [0.1, 0.15) is 16.8 Å². The van der Waals surface area contributed by atoms with Gasteiger partial charge in [0.25, 0.3) is 5.91 Å². The van der Waals surface area contributed by atoms with E-state index in [9.17, 15) is 23.2 Å². The van der Waals surface area contributed by atoms with Crippen LogP contribution in [0, 0.1) is 11.6 Å². The fraction of sp³-hybridized carbons (Fsp3) is 0.318. The first-order valence-corrected chi connectivity index (χ1v) is 10.0. The lowest BCUT2D eigenvalue weighted by atomic mass is 10.1. The molecule has 2 aromatic carbocycles. The number of amides is 2. The summed E-state index contributed by atoms with van der Waals surface area (Å²) in [4.78, 5) is 44.6. The lowest BCUT2D eigenvalue weighted by Gasteiger charge is -2.32. The number of aromatic amines is 1. The molecule has 1 aliphatic rings. The third-order valence-electron chi connectivity index (χ3n) is 5.56. The Morgan fingerprint density at radius 2 is 1.74 bits per heavy atom. The van der Waals surface area contributed by atoms with E-state index < -0.39 is 23.0 Å². The maximum Gasteiger partial charge on any atom is 0.253 e. The van der Waals surface area contributed by atoms with Gasteiger partial charge in [-0.2, -0.15) is 0 Å². The second kappa shape index (κ2) is 8.43. The van der Waals surface area contributed by atoms with Gasteiger partial charge in [0.15, 0.2) is 5.43 Å². The Bertz CT molecular complexity index is 1230. The zero-order valence-corrected chi connectivity index (χ0v) is 17.0. The summed E-state index contributed by atoms with van der Waals surface area (Å²) in [5.74, 6) is -2.00. The minimum Gasteiger partial charge on any atom is -0.354 e. The molecule has 2 amide bonds. The number of fused-ring (bicyclic) bond motifs is 2. The highest BCUT2D eigenvalue weighted by Crippen LogP contribution is 2.21. The second-order valence-corrected chi connectivity index (χ2v) is 7.71. The van der Waals surface area contributed by atoms with Crippen molar-refractivity contribution in [1.82, 2.24) is 20.1 Å². The van der Waals surface area contributed by atoms with E-state index in [1.165, 1.54) is 12.1 Å². The zero-order chi connectivity index (χ0) is 22.1. The number of likely N-dealkylation sites (N-methyl/N-ethyl adjacent to an activating group) is 1. The van der Waals surface area contributed by atoms with Gasteiger partial charge >= 0.3 is 0 Å². The SMILES string of the molecule is CN1CCN(C(=O)CCNC(=O)c2cc(F)cc3c(=O)c4cc(F)ccc4[nH]c23)CC1. The van der Waals surface area contributed by atoms with Crippen LogP contribution in [0.2, 0.25) is 0 Å². The standard InChI is InChI=1S/C22H22F2N4O3/c1-27-6-8-28(9-7-27)19(29)4-5-25-22(31)17-12-14(24)11-16-20(17)26-18-3-2-13(23)10-15(18)21(16)30/h2-3,10-12H,4-9H2,1H3,(H,25,31)(H,26,30). The molecule has 2 N–H and O–H groups in total. The zero-order valence-electron chi connectivity index (χ0n) is 17.0. The minimum atomic E-state index is -0.757. The Kier molecular flexibility index (Phi) is 5.69. The van der Waals surface area contributed by atoms with Gasteiger partial charge in [-0.05, 0) is 37.4 Å². The monoisotopic (exact) mass is 428 g/mol. The molecule has 1 saturated heterocycles. The summed E-state index contributed by atoms with van der Waals surface area (Å²) in [6.45, 7) is 2.99. The number of pyridine rings is 1. The van der Waals surface area contributed by atoms with E-state index in [0.717, 1.165) is 31.3 Å². The van der Waals surface area contributed by atoms with Crippen molar-refractivity contribution in [2.75, 3.05) is 39.8 Å². The smallest absolute Gasteiger partial charge is 0.253 e. The van der Waals surface area contributed by atoms with Crippen LogP contribution >= 0.6 is 0 Å². The fourth-order valence-electron chi connectivity index (χ4n) is 3.78. The topological polar surface area (TPSA) is 85.5 Å². The number of nitrogens with one attached hydrogen (secondary N) is 2. The van der Waals surface area contributed by atoms with Crippen molar-refractivity contribution >= 4 is 33.6 Å². The highest BCUT2D eigenvalue weighted by atomic mass is 19.1. The maximum atomic E-state index is 14.2. The summed E-state index contributed by atoms with van der Waals surface area (Å²) in [6, 6.07) is 5.71. The van der Waals surface area contributed by atoms with E-state index in [1.807, 2.05) is 7.05 Å². The van der Waals surface area contributed by atoms with Crippen LogP contribution in [0.5, 0.6) is 0 Å². The first-order chi connectivity index (χ1) is 14.8. The molecule has 1 fully saturated rings. The van der Waals surface area contributed by atoms with Gasteiger partial charge in [-0.25, -0.2) is 8.78 Å². The van der Waals surface area contributed by atoms with E-state index >= 15 is 0 Å². The molecule has 31 heavy (non-hydrogen) atoms. The number of carbonyl (C=O) groups is 2. The summed E-state index contributed by atoms with van der Waals surface area (Å²) in [6.07, 6.45) is 0.126. The van der Waals surface area contributed by atoms with Crippen molar-refractivity contribution in [1.29, 1.82) is 0 Å². The van der Waals surface area contributed by atoms with Crippen molar-refractivity contribution in [3.63, 3.8) is 0 Å². The Morgan fingerprint density at radius 1 is 1.03 bits per heavy atom. The third-order valence-corrected chi connectivity index (χ3v) is 5.56. The molecule has 3 aromatic rings. The van der Waals surface area contributed by atoms with E-state index in [1.54, 1.807) is 4.90 Å². The molecule has 162 valence electrons. The lowest BCUT2D eigenvalue weighted by molar-refractivity contribution is -0.132. The van der Waals surface area contributed by atoms with Gasteiger partial charge in [-0.1, -0.05) is 0 Å². The van der Waals surface area contributed by atoms with Crippen LogP contribution in [-0.4, -0.2) is 66.4 Å². The fourth-order valence-corrected chi connectivity index (χ4v) is 3.78. The molecular weight excluding hydrogens is 406 g/mol. The number of hydrogen-bond acceptors (Lipinski definition) is 4. The minimum absolute atomic E-state index is 0.0447. The highest BCUT2D eigenvalue weighted by molar-refractivity contribution is 6.07. The number of aromatic nitrogens is 1. The quantitative estimate of drug-likeness (QED) is 0.622. The Labute approximate surface area is 176 Å². The van der Waals surface area contributed by atoms with Crippen LogP contribution < -0.4 is 10.7 Å². The number of piperazine rings is 1. The number of hydrogen-bond donors (Lipinski definition) is 2. The predicted molar refractivity (Wildman–Crippen MR) is 113 cm³/mol. The van der Waals surface area contributed by atoms with Gasteiger partial charge < -0.3 is 20.1 Å². The van der Waals surface area contributed by atoms with Gasteiger partial charge in [0.1, 0.15) is 11.6 Å². The number of carbonyl (C=O) groups excluding carboxylic acids is 2. The second-order valence-electron chi connectivity index (χ2n) is 7.71. The van der Waals surface area contributed by atoms with Crippen LogP contribution in [0.4, 0.5) is 8.78 Å². The molecule has 1 aliphatic heterocycles. The summed E-state index contributed by atoms with van der Waals surface area (Å²) >= 11 is 0. The molecule has 0 unspecified atom stereocenters. The number of rotatable bonds is 4. The van der Waals surface area contributed by atoms with Gasteiger partial charge in [0, 0.05) is 55.4 Å². The van der Waals surface area contributed by atoms with Gasteiger partial charge in [0.05, 0.1) is 11.1 Å². The molecule has 2 heterocycles. The molecule has 0 atom stereocenters. The first kappa shape index (κ1) is 20.9. The van der Waals surface area contributed by atoms with Gasteiger partial charge in [-0.15, -0.1) is 0 Å². The van der Waals surface area contributed by atoms with E-state index in [4.69, 9.17) is 0 Å². The molecule has 4 rings (SSSR count). The van der Waals surface area contributed by atoms with Crippen molar-refractivity contribution in [3.05, 3.63) is 57.8 Å². The lowest BCUT2D eigenvalue weighted by Crippen LogP contribution is -2.47. The molecular formula is C22H22F2N4O3. The summed E-state index contributed by atoms with van der Waals surface area (Å²) in [5.41, 5.74) is -0.120. The largest absolute Gasteiger partial charge is 0.354 e. The molecule has 0 bridgehead atoms. The van der Waals surface area contributed by atoms with Gasteiger partial charge in [0.2, 0.25) is 5.91 Å². The summed E-state index contributed by atoms with van der Waals surface area (Å²) in [5, 5.41) is 2.66.